The summed E-state index contributed by atoms with van der Waals surface area (Å²) >= 11 is 0. The molecule has 1 aliphatic carbocycles. The molecule has 0 bridgehead atoms. The average Bonchev–Trinajstić information content (AvgIpc) is 3.17. The topological polar surface area (TPSA) is 56.8 Å². The number of esters is 1. The van der Waals surface area contributed by atoms with Gasteiger partial charge in [0.1, 0.15) is 5.54 Å². The second kappa shape index (κ2) is 5.56. The Morgan fingerprint density at radius 2 is 2.14 bits per heavy atom. The van der Waals surface area contributed by atoms with Gasteiger partial charge >= 0.3 is 5.97 Å². The molecule has 0 radical (unpaired) electrons. The molecule has 21 heavy (non-hydrogen) atoms. The van der Waals surface area contributed by atoms with Crippen molar-refractivity contribution in [2.75, 3.05) is 13.9 Å². The van der Waals surface area contributed by atoms with E-state index >= 15 is 0 Å². The van der Waals surface area contributed by atoms with Gasteiger partial charge in [-0.25, -0.2) is 0 Å². The predicted octanol–water partition coefficient (Wildman–Crippen LogP) is 2.03. The van der Waals surface area contributed by atoms with Crippen molar-refractivity contribution < 1.29 is 19.0 Å². The Hall–Kier alpha value is -1.75. The van der Waals surface area contributed by atoms with Crippen LogP contribution >= 0.6 is 0 Å². The van der Waals surface area contributed by atoms with Crippen molar-refractivity contribution in [1.82, 2.24) is 5.32 Å². The van der Waals surface area contributed by atoms with Crippen molar-refractivity contribution >= 4 is 5.97 Å². The van der Waals surface area contributed by atoms with Crippen molar-refractivity contribution in [1.29, 1.82) is 0 Å². The fourth-order valence-corrected chi connectivity index (χ4v) is 2.63. The maximum Gasteiger partial charge on any atom is 0.325 e. The van der Waals surface area contributed by atoms with Crippen molar-refractivity contribution in [3.63, 3.8) is 0 Å². The van der Waals surface area contributed by atoms with Crippen LogP contribution in [-0.2, 0) is 16.0 Å². The van der Waals surface area contributed by atoms with Gasteiger partial charge in [0.15, 0.2) is 11.5 Å². The fourth-order valence-electron chi connectivity index (χ4n) is 2.63. The summed E-state index contributed by atoms with van der Waals surface area (Å²) in [5.41, 5.74) is 0.499. The number of hydrogen-bond donors (Lipinski definition) is 1. The van der Waals surface area contributed by atoms with Crippen LogP contribution in [0.4, 0.5) is 0 Å². The monoisotopic (exact) mass is 291 g/mol. The van der Waals surface area contributed by atoms with Gasteiger partial charge < -0.3 is 14.2 Å². The second-order valence-electron chi connectivity index (χ2n) is 5.93. The first-order valence-corrected chi connectivity index (χ1v) is 7.35. The first-order chi connectivity index (χ1) is 10.1. The lowest BCUT2D eigenvalue weighted by Gasteiger charge is -2.28. The third-order valence-electron chi connectivity index (χ3n) is 4.09. The van der Waals surface area contributed by atoms with Gasteiger partial charge in [-0.05, 0) is 50.3 Å². The van der Waals surface area contributed by atoms with E-state index in [2.05, 4.69) is 5.32 Å². The van der Waals surface area contributed by atoms with Gasteiger partial charge in [-0.3, -0.25) is 10.1 Å². The quantitative estimate of drug-likeness (QED) is 0.813. The zero-order chi connectivity index (χ0) is 14.9. The van der Waals surface area contributed by atoms with Crippen LogP contribution in [0.25, 0.3) is 0 Å². The van der Waals surface area contributed by atoms with Gasteiger partial charge in [-0.15, -0.1) is 0 Å². The van der Waals surface area contributed by atoms with E-state index in [0.717, 1.165) is 36.3 Å². The Bertz CT molecular complexity index is 541. The van der Waals surface area contributed by atoms with Crippen molar-refractivity contribution in [3.8, 4) is 11.5 Å². The number of aryl methyl sites for hydroxylation is 1. The highest BCUT2D eigenvalue weighted by Gasteiger charge is 2.39. The lowest BCUT2D eigenvalue weighted by Crippen LogP contribution is -2.51. The zero-order valence-corrected chi connectivity index (χ0v) is 12.5. The van der Waals surface area contributed by atoms with Gasteiger partial charge in [0.2, 0.25) is 6.79 Å². The Morgan fingerprint density at radius 1 is 1.38 bits per heavy atom. The van der Waals surface area contributed by atoms with Crippen LogP contribution in [-0.4, -0.2) is 31.5 Å². The lowest BCUT2D eigenvalue weighted by molar-refractivity contribution is -0.148. The second-order valence-corrected chi connectivity index (χ2v) is 5.93. The normalized spacial score (nSPS) is 19.1. The number of carbonyl (C=O) groups is 1. The minimum atomic E-state index is -0.633. The number of benzene rings is 1. The van der Waals surface area contributed by atoms with E-state index in [9.17, 15) is 4.79 Å². The Labute approximate surface area is 124 Å². The molecule has 1 heterocycles. The zero-order valence-electron chi connectivity index (χ0n) is 12.5. The van der Waals surface area contributed by atoms with E-state index in [1.165, 1.54) is 7.11 Å². The molecule has 1 aromatic rings. The van der Waals surface area contributed by atoms with Crippen LogP contribution in [0.1, 0.15) is 31.7 Å². The summed E-state index contributed by atoms with van der Waals surface area (Å²) in [5, 5.41) is 3.41. The largest absolute Gasteiger partial charge is 0.468 e. The molecular formula is C16H21NO4. The van der Waals surface area contributed by atoms with Gasteiger partial charge in [0, 0.05) is 6.04 Å². The highest BCUT2D eigenvalue weighted by Crippen LogP contribution is 2.33. The molecule has 0 spiro atoms. The summed E-state index contributed by atoms with van der Waals surface area (Å²) in [5.74, 6) is 1.36. The first kappa shape index (κ1) is 14.2. The molecule has 114 valence electrons. The average molecular weight is 291 g/mol. The Balaban J connectivity index is 1.67. The molecular weight excluding hydrogens is 270 g/mol. The van der Waals surface area contributed by atoms with Crippen LogP contribution in [0, 0.1) is 0 Å². The van der Waals surface area contributed by atoms with Crippen LogP contribution in [0.3, 0.4) is 0 Å². The maximum absolute atomic E-state index is 12.1. The van der Waals surface area contributed by atoms with Crippen LogP contribution < -0.4 is 14.8 Å². The Morgan fingerprint density at radius 3 is 2.86 bits per heavy atom. The van der Waals surface area contributed by atoms with E-state index in [1.807, 2.05) is 25.1 Å². The van der Waals surface area contributed by atoms with Gasteiger partial charge in [0.05, 0.1) is 7.11 Å². The number of hydrogen-bond acceptors (Lipinski definition) is 5. The number of nitrogens with one attached hydrogen (secondary N) is 1. The third kappa shape index (κ3) is 3.13. The van der Waals surface area contributed by atoms with Crippen molar-refractivity contribution in [2.24, 2.45) is 0 Å². The SMILES string of the molecule is COC(=O)C(C)(CCc1ccc2c(c1)OCO2)NC1CC1. The molecule has 1 atom stereocenters. The number of carbonyl (C=O) groups excluding carboxylic acids is 1. The number of rotatable bonds is 6. The summed E-state index contributed by atoms with van der Waals surface area (Å²) < 4.78 is 15.7. The number of ether oxygens (including phenoxy) is 3. The summed E-state index contributed by atoms with van der Waals surface area (Å²) in [6, 6.07) is 6.37. The third-order valence-corrected chi connectivity index (χ3v) is 4.09. The van der Waals surface area contributed by atoms with E-state index in [-0.39, 0.29) is 12.8 Å². The van der Waals surface area contributed by atoms with E-state index in [1.54, 1.807) is 0 Å². The molecule has 1 aromatic carbocycles. The molecule has 1 saturated carbocycles. The van der Waals surface area contributed by atoms with Crippen molar-refractivity contribution in [3.05, 3.63) is 23.8 Å². The summed E-state index contributed by atoms with van der Waals surface area (Å²) in [7, 11) is 1.44. The van der Waals surface area contributed by atoms with E-state index in [4.69, 9.17) is 14.2 Å². The van der Waals surface area contributed by atoms with Crippen LogP contribution in [0.5, 0.6) is 11.5 Å². The molecule has 0 amide bonds. The smallest absolute Gasteiger partial charge is 0.325 e. The maximum atomic E-state index is 12.1. The summed E-state index contributed by atoms with van der Waals surface area (Å²) in [6.07, 6.45) is 3.74. The molecule has 1 fully saturated rings. The standard InChI is InChI=1S/C16H21NO4/c1-16(15(18)19-2,17-12-4-5-12)8-7-11-3-6-13-14(9-11)21-10-20-13/h3,6,9,12,17H,4-5,7-8,10H2,1-2H3. The highest BCUT2D eigenvalue weighted by molar-refractivity contribution is 5.80. The van der Waals surface area contributed by atoms with Crippen LogP contribution in [0.15, 0.2) is 18.2 Å². The van der Waals surface area contributed by atoms with Gasteiger partial charge in [-0.1, -0.05) is 6.07 Å². The molecule has 1 aliphatic heterocycles. The summed E-state index contributed by atoms with van der Waals surface area (Å²) in [4.78, 5) is 12.1. The van der Waals surface area contributed by atoms with E-state index in [0.29, 0.717) is 12.5 Å². The van der Waals surface area contributed by atoms with E-state index < -0.39 is 5.54 Å². The van der Waals surface area contributed by atoms with Gasteiger partial charge in [0.25, 0.3) is 0 Å². The lowest BCUT2D eigenvalue weighted by atomic mass is 9.93. The van der Waals surface area contributed by atoms with Crippen molar-refractivity contribution in [2.45, 2.75) is 44.2 Å². The molecule has 3 rings (SSSR count). The molecule has 1 unspecified atom stereocenters. The first-order valence-electron chi connectivity index (χ1n) is 7.35. The Kier molecular flexibility index (Phi) is 3.76. The molecule has 5 heteroatoms. The molecule has 0 saturated heterocycles. The molecule has 2 aliphatic rings. The van der Waals surface area contributed by atoms with Gasteiger partial charge in [-0.2, -0.15) is 0 Å². The number of fused-ring (bicyclic) bond motifs is 1. The number of methoxy groups -OCH3 is 1. The predicted molar refractivity (Wildman–Crippen MR) is 77.5 cm³/mol. The minimum absolute atomic E-state index is 0.199. The highest BCUT2D eigenvalue weighted by atomic mass is 16.7. The fraction of sp³-hybridized carbons (Fsp3) is 0.562. The molecule has 1 N–H and O–H groups in total. The molecule has 0 aromatic heterocycles. The molecule has 5 nitrogen and oxygen atoms in total. The minimum Gasteiger partial charge on any atom is -0.468 e. The van der Waals surface area contributed by atoms with Crippen LogP contribution in [0.2, 0.25) is 0 Å². The summed E-state index contributed by atoms with van der Waals surface area (Å²) in [6.45, 7) is 2.20.